The molecule has 0 radical (unpaired) electrons. The van der Waals surface area contributed by atoms with E-state index in [0.717, 1.165) is 19.6 Å². The van der Waals surface area contributed by atoms with E-state index < -0.39 is 0 Å². The standard InChI is InChI=1S/C6H13NO.C2H6/c7-4-3-6-2-1-5-8-6;1-2/h6H,1-5,7H2;1-2H3. The first-order chi connectivity index (χ1) is 4.93. The molecular weight excluding hydrogens is 126 g/mol. The highest BCUT2D eigenvalue weighted by atomic mass is 16.5. The first kappa shape index (κ1) is 9.92. The highest BCUT2D eigenvalue weighted by Gasteiger charge is 2.13. The van der Waals surface area contributed by atoms with Crippen LogP contribution in [0.5, 0.6) is 0 Å². The molecule has 10 heavy (non-hydrogen) atoms. The summed E-state index contributed by atoms with van der Waals surface area (Å²) in [7, 11) is 0. The second-order valence-electron chi connectivity index (χ2n) is 2.21. The zero-order valence-electron chi connectivity index (χ0n) is 7.10. The van der Waals surface area contributed by atoms with Crippen LogP contribution in [0.3, 0.4) is 0 Å². The van der Waals surface area contributed by atoms with Gasteiger partial charge in [-0.05, 0) is 25.8 Å². The highest BCUT2D eigenvalue weighted by molar-refractivity contribution is 4.64. The second-order valence-corrected chi connectivity index (χ2v) is 2.21. The van der Waals surface area contributed by atoms with Crippen molar-refractivity contribution >= 4 is 0 Å². The predicted molar refractivity (Wildman–Crippen MR) is 44.0 cm³/mol. The Bertz CT molecular complexity index is 60.3. The van der Waals surface area contributed by atoms with Crippen LogP contribution < -0.4 is 5.73 Å². The first-order valence-electron chi connectivity index (χ1n) is 4.25. The van der Waals surface area contributed by atoms with Gasteiger partial charge in [0.1, 0.15) is 0 Å². The van der Waals surface area contributed by atoms with Crippen molar-refractivity contribution in [2.75, 3.05) is 13.2 Å². The Hall–Kier alpha value is -0.0800. The molecule has 1 atom stereocenters. The minimum absolute atomic E-state index is 0.486. The van der Waals surface area contributed by atoms with Crippen LogP contribution in [0.2, 0.25) is 0 Å². The van der Waals surface area contributed by atoms with Gasteiger partial charge in [0.25, 0.3) is 0 Å². The molecule has 0 saturated carbocycles. The normalized spacial score (nSPS) is 23.7. The molecule has 1 saturated heterocycles. The average Bonchev–Trinajstić information content (AvgIpc) is 2.46. The van der Waals surface area contributed by atoms with Gasteiger partial charge in [-0.2, -0.15) is 0 Å². The monoisotopic (exact) mass is 145 g/mol. The van der Waals surface area contributed by atoms with Crippen molar-refractivity contribution in [2.45, 2.75) is 39.2 Å². The van der Waals surface area contributed by atoms with E-state index in [4.69, 9.17) is 10.5 Å². The fraction of sp³-hybridized carbons (Fsp3) is 1.00. The minimum Gasteiger partial charge on any atom is -0.378 e. The Balaban J connectivity index is 0.000000371. The summed E-state index contributed by atoms with van der Waals surface area (Å²) in [5.74, 6) is 0. The van der Waals surface area contributed by atoms with Crippen LogP contribution in [0.15, 0.2) is 0 Å². The number of ether oxygens (including phenoxy) is 1. The van der Waals surface area contributed by atoms with E-state index in [9.17, 15) is 0 Å². The van der Waals surface area contributed by atoms with Crippen molar-refractivity contribution in [3.05, 3.63) is 0 Å². The molecule has 1 rings (SSSR count). The van der Waals surface area contributed by atoms with Gasteiger partial charge in [0.2, 0.25) is 0 Å². The quantitative estimate of drug-likeness (QED) is 0.639. The molecule has 1 unspecified atom stereocenters. The fourth-order valence-corrected chi connectivity index (χ4v) is 1.06. The summed E-state index contributed by atoms with van der Waals surface area (Å²) >= 11 is 0. The smallest absolute Gasteiger partial charge is 0.0588 e. The summed E-state index contributed by atoms with van der Waals surface area (Å²) in [6.45, 7) is 5.72. The molecule has 0 aromatic rings. The van der Waals surface area contributed by atoms with Crippen molar-refractivity contribution in [1.82, 2.24) is 0 Å². The van der Waals surface area contributed by atoms with Gasteiger partial charge in [0, 0.05) is 6.61 Å². The minimum atomic E-state index is 0.486. The van der Waals surface area contributed by atoms with Crippen molar-refractivity contribution in [2.24, 2.45) is 5.73 Å². The molecule has 0 amide bonds. The number of nitrogens with two attached hydrogens (primary N) is 1. The lowest BCUT2D eigenvalue weighted by molar-refractivity contribution is 0.106. The Labute approximate surface area is 63.7 Å². The highest BCUT2D eigenvalue weighted by Crippen LogP contribution is 2.13. The lowest BCUT2D eigenvalue weighted by atomic mass is 10.2. The average molecular weight is 145 g/mol. The molecule has 1 aliphatic rings. The maximum Gasteiger partial charge on any atom is 0.0588 e. The molecule has 0 aromatic heterocycles. The van der Waals surface area contributed by atoms with Crippen LogP contribution in [-0.4, -0.2) is 19.3 Å². The summed E-state index contributed by atoms with van der Waals surface area (Å²) in [6.07, 6.45) is 3.97. The van der Waals surface area contributed by atoms with Gasteiger partial charge in [-0.3, -0.25) is 0 Å². The number of rotatable bonds is 2. The first-order valence-corrected chi connectivity index (χ1v) is 4.25. The largest absolute Gasteiger partial charge is 0.378 e. The van der Waals surface area contributed by atoms with Crippen LogP contribution in [0.1, 0.15) is 33.1 Å². The maximum absolute atomic E-state index is 5.33. The molecule has 1 heterocycles. The van der Waals surface area contributed by atoms with E-state index in [1.54, 1.807) is 0 Å². The molecule has 2 N–H and O–H groups in total. The summed E-state index contributed by atoms with van der Waals surface area (Å²) < 4.78 is 5.31. The topological polar surface area (TPSA) is 35.2 Å². The lowest BCUT2D eigenvalue weighted by Gasteiger charge is -2.04. The molecule has 0 spiro atoms. The van der Waals surface area contributed by atoms with Crippen molar-refractivity contribution in [3.8, 4) is 0 Å². The van der Waals surface area contributed by atoms with Crippen LogP contribution in [0, 0.1) is 0 Å². The van der Waals surface area contributed by atoms with Crippen molar-refractivity contribution < 1.29 is 4.74 Å². The third-order valence-electron chi connectivity index (χ3n) is 1.51. The molecular formula is C8H19NO. The summed E-state index contributed by atoms with van der Waals surface area (Å²) in [6, 6.07) is 0. The van der Waals surface area contributed by atoms with Gasteiger partial charge >= 0.3 is 0 Å². The summed E-state index contributed by atoms with van der Waals surface area (Å²) in [4.78, 5) is 0. The molecule has 1 fully saturated rings. The lowest BCUT2D eigenvalue weighted by Crippen LogP contribution is -2.11. The molecule has 62 valence electrons. The number of hydrogen-bond acceptors (Lipinski definition) is 2. The maximum atomic E-state index is 5.33. The van der Waals surface area contributed by atoms with Gasteiger partial charge in [-0.15, -0.1) is 0 Å². The van der Waals surface area contributed by atoms with E-state index in [-0.39, 0.29) is 0 Å². The second kappa shape index (κ2) is 7.03. The third kappa shape index (κ3) is 3.85. The van der Waals surface area contributed by atoms with Gasteiger partial charge in [-0.1, -0.05) is 13.8 Å². The molecule has 0 aliphatic carbocycles. The molecule has 2 nitrogen and oxygen atoms in total. The van der Waals surface area contributed by atoms with E-state index in [1.807, 2.05) is 13.8 Å². The molecule has 2 heteroatoms. The zero-order valence-corrected chi connectivity index (χ0v) is 7.10. The fourth-order valence-electron chi connectivity index (χ4n) is 1.06. The van der Waals surface area contributed by atoms with Gasteiger partial charge in [0.15, 0.2) is 0 Å². The van der Waals surface area contributed by atoms with Crippen LogP contribution in [-0.2, 0) is 4.74 Å². The SMILES string of the molecule is CC.NCCC1CCCO1. The Kier molecular flexibility index (Phi) is 6.98. The van der Waals surface area contributed by atoms with E-state index >= 15 is 0 Å². The molecule has 0 bridgehead atoms. The van der Waals surface area contributed by atoms with Crippen molar-refractivity contribution in [3.63, 3.8) is 0 Å². The Morgan fingerprint density at radius 2 is 2.20 bits per heavy atom. The van der Waals surface area contributed by atoms with E-state index in [0.29, 0.717) is 6.10 Å². The van der Waals surface area contributed by atoms with Crippen LogP contribution in [0.25, 0.3) is 0 Å². The third-order valence-corrected chi connectivity index (χ3v) is 1.51. The van der Waals surface area contributed by atoms with Gasteiger partial charge in [0.05, 0.1) is 6.10 Å². The predicted octanol–water partition coefficient (Wildman–Crippen LogP) is 1.54. The van der Waals surface area contributed by atoms with Gasteiger partial charge in [-0.25, -0.2) is 0 Å². The zero-order chi connectivity index (χ0) is 7.82. The van der Waals surface area contributed by atoms with Crippen LogP contribution >= 0.6 is 0 Å². The van der Waals surface area contributed by atoms with Crippen LogP contribution in [0.4, 0.5) is 0 Å². The van der Waals surface area contributed by atoms with Crippen molar-refractivity contribution in [1.29, 1.82) is 0 Å². The Morgan fingerprint density at radius 1 is 1.50 bits per heavy atom. The summed E-state index contributed by atoms with van der Waals surface area (Å²) in [5.41, 5.74) is 5.33. The molecule has 1 aliphatic heterocycles. The summed E-state index contributed by atoms with van der Waals surface area (Å²) in [5, 5.41) is 0. The number of hydrogen-bond donors (Lipinski definition) is 1. The Morgan fingerprint density at radius 3 is 2.60 bits per heavy atom. The van der Waals surface area contributed by atoms with Gasteiger partial charge < -0.3 is 10.5 Å². The van der Waals surface area contributed by atoms with E-state index in [2.05, 4.69) is 0 Å². The van der Waals surface area contributed by atoms with E-state index in [1.165, 1.54) is 12.8 Å². The molecule has 0 aromatic carbocycles.